The fourth-order valence-electron chi connectivity index (χ4n) is 1.89. The van der Waals surface area contributed by atoms with Crippen LogP contribution in [-0.4, -0.2) is 16.5 Å². The normalized spacial score (nSPS) is 10.4. The molecule has 0 saturated heterocycles. The number of nitrogens with two attached hydrogens (primary N) is 1. The molecule has 4 nitrogen and oxygen atoms in total. The molecule has 0 amide bonds. The lowest BCUT2D eigenvalue weighted by Gasteiger charge is -2.17. The largest absolute Gasteiger partial charge is 0.295 e. The first-order chi connectivity index (χ1) is 8.72. The van der Waals surface area contributed by atoms with Gasteiger partial charge in [-0.15, -0.1) is 0 Å². The van der Waals surface area contributed by atoms with Crippen molar-refractivity contribution in [2.75, 3.05) is 11.6 Å². The number of aromatic nitrogens is 2. The van der Waals surface area contributed by atoms with E-state index in [1.54, 1.807) is 11.2 Å². The van der Waals surface area contributed by atoms with Gasteiger partial charge < -0.3 is 0 Å². The zero-order valence-corrected chi connectivity index (χ0v) is 10.8. The Kier molecular flexibility index (Phi) is 3.89. The number of hydrazine groups is 1. The molecule has 0 radical (unpaired) electrons. The minimum absolute atomic E-state index is 0.804. The Morgan fingerprint density at radius 1 is 1.28 bits per heavy atom. The van der Waals surface area contributed by atoms with Gasteiger partial charge in [-0.1, -0.05) is 13.0 Å². The third-order valence-electron chi connectivity index (χ3n) is 2.80. The number of hydrogen-bond acceptors (Lipinski definition) is 4. The SMILES string of the molecule is CCCN(N)c1ccc(-c2cccnc2)c(C)n1. The Morgan fingerprint density at radius 2 is 2.11 bits per heavy atom. The maximum Gasteiger partial charge on any atom is 0.142 e. The first-order valence-corrected chi connectivity index (χ1v) is 6.12. The average molecular weight is 242 g/mol. The van der Waals surface area contributed by atoms with E-state index in [0.717, 1.165) is 35.6 Å². The predicted molar refractivity (Wildman–Crippen MR) is 74.0 cm³/mol. The van der Waals surface area contributed by atoms with Gasteiger partial charge in [0.1, 0.15) is 5.82 Å². The van der Waals surface area contributed by atoms with E-state index in [1.165, 1.54) is 0 Å². The Morgan fingerprint density at radius 3 is 2.72 bits per heavy atom. The fourth-order valence-corrected chi connectivity index (χ4v) is 1.89. The highest BCUT2D eigenvalue weighted by molar-refractivity contribution is 5.66. The summed E-state index contributed by atoms with van der Waals surface area (Å²) in [7, 11) is 0. The Bertz CT molecular complexity index is 510. The lowest BCUT2D eigenvalue weighted by molar-refractivity contribution is 0.789. The molecule has 0 atom stereocenters. The van der Waals surface area contributed by atoms with Gasteiger partial charge in [-0.2, -0.15) is 0 Å². The van der Waals surface area contributed by atoms with Gasteiger partial charge in [0.15, 0.2) is 0 Å². The number of nitrogens with zero attached hydrogens (tertiary/aromatic N) is 3. The summed E-state index contributed by atoms with van der Waals surface area (Å²) in [4.78, 5) is 8.67. The summed E-state index contributed by atoms with van der Waals surface area (Å²) in [6, 6.07) is 7.95. The first-order valence-electron chi connectivity index (χ1n) is 6.12. The quantitative estimate of drug-likeness (QED) is 0.661. The molecule has 18 heavy (non-hydrogen) atoms. The molecule has 2 N–H and O–H groups in total. The van der Waals surface area contributed by atoms with Gasteiger partial charge in [0.2, 0.25) is 0 Å². The van der Waals surface area contributed by atoms with Crippen molar-refractivity contribution in [2.24, 2.45) is 5.84 Å². The fraction of sp³-hybridized carbons (Fsp3) is 0.286. The highest BCUT2D eigenvalue weighted by atomic mass is 15.4. The maximum atomic E-state index is 5.92. The van der Waals surface area contributed by atoms with E-state index >= 15 is 0 Å². The van der Waals surface area contributed by atoms with Crippen molar-refractivity contribution in [3.05, 3.63) is 42.4 Å². The number of rotatable bonds is 4. The van der Waals surface area contributed by atoms with Gasteiger partial charge in [-0.3, -0.25) is 9.99 Å². The molecule has 4 heteroatoms. The van der Waals surface area contributed by atoms with Crippen molar-refractivity contribution in [2.45, 2.75) is 20.3 Å². The summed E-state index contributed by atoms with van der Waals surface area (Å²) in [6.07, 6.45) is 4.61. The molecule has 2 aromatic rings. The molecule has 0 aliphatic heterocycles. The van der Waals surface area contributed by atoms with Crippen LogP contribution >= 0.6 is 0 Å². The van der Waals surface area contributed by atoms with Crippen LogP contribution < -0.4 is 10.9 Å². The first kappa shape index (κ1) is 12.5. The minimum Gasteiger partial charge on any atom is -0.295 e. The van der Waals surface area contributed by atoms with Crippen LogP contribution in [0.1, 0.15) is 19.0 Å². The molecule has 94 valence electrons. The summed E-state index contributed by atoms with van der Waals surface area (Å²) in [5.74, 6) is 6.73. The molecule has 2 aromatic heterocycles. The molecule has 0 aliphatic rings. The van der Waals surface area contributed by atoms with E-state index in [2.05, 4.69) is 16.9 Å². The Hall–Kier alpha value is -1.94. The molecule has 0 aliphatic carbocycles. The molecule has 0 unspecified atom stereocenters. The highest BCUT2D eigenvalue weighted by Gasteiger charge is 2.07. The number of aryl methyl sites for hydroxylation is 1. The van der Waals surface area contributed by atoms with E-state index in [4.69, 9.17) is 5.84 Å². The number of pyridine rings is 2. The molecule has 0 aromatic carbocycles. The molecule has 2 rings (SSSR count). The third-order valence-corrected chi connectivity index (χ3v) is 2.80. The van der Waals surface area contributed by atoms with Crippen LogP contribution in [0.25, 0.3) is 11.1 Å². The minimum atomic E-state index is 0.804. The zero-order chi connectivity index (χ0) is 13.0. The van der Waals surface area contributed by atoms with Gasteiger partial charge in [0, 0.05) is 35.8 Å². The highest BCUT2D eigenvalue weighted by Crippen LogP contribution is 2.23. The molecule has 0 saturated carbocycles. The van der Waals surface area contributed by atoms with Gasteiger partial charge in [0.05, 0.1) is 0 Å². The van der Waals surface area contributed by atoms with Crippen molar-refractivity contribution in [3.63, 3.8) is 0 Å². The monoisotopic (exact) mass is 242 g/mol. The summed E-state index contributed by atoms with van der Waals surface area (Å²) >= 11 is 0. The van der Waals surface area contributed by atoms with Gasteiger partial charge in [-0.05, 0) is 31.5 Å². The van der Waals surface area contributed by atoms with Crippen LogP contribution in [0.2, 0.25) is 0 Å². The van der Waals surface area contributed by atoms with E-state index in [-0.39, 0.29) is 0 Å². The molecule has 0 fully saturated rings. The Labute approximate surface area is 107 Å². The third kappa shape index (κ3) is 2.65. The topological polar surface area (TPSA) is 55.0 Å². The summed E-state index contributed by atoms with van der Waals surface area (Å²) in [5.41, 5.74) is 3.14. The predicted octanol–water partition coefficient (Wildman–Crippen LogP) is 2.54. The van der Waals surface area contributed by atoms with Gasteiger partial charge >= 0.3 is 0 Å². The van der Waals surface area contributed by atoms with E-state index < -0.39 is 0 Å². The lowest BCUT2D eigenvalue weighted by Crippen LogP contribution is -2.32. The van der Waals surface area contributed by atoms with Crippen molar-refractivity contribution >= 4 is 5.82 Å². The van der Waals surface area contributed by atoms with E-state index in [0.29, 0.717) is 0 Å². The maximum absolute atomic E-state index is 5.92. The van der Waals surface area contributed by atoms with Crippen LogP contribution in [-0.2, 0) is 0 Å². The number of anilines is 1. The second-order valence-electron chi connectivity index (χ2n) is 4.24. The molecular weight excluding hydrogens is 224 g/mol. The second kappa shape index (κ2) is 5.60. The van der Waals surface area contributed by atoms with Gasteiger partial charge in [0.25, 0.3) is 0 Å². The van der Waals surface area contributed by atoms with Crippen molar-refractivity contribution < 1.29 is 0 Å². The molecular formula is C14H18N4. The summed E-state index contributed by atoms with van der Waals surface area (Å²) in [6.45, 7) is 4.89. The van der Waals surface area contributed by atoms with Crippen LogP contribution in [0.3, 0.4) is 0 Å². The van der Waals surface area contributed by atoms with Crippen molar-refractivity contribution in [1.82, 2.24) is 9.97 Å². The number of hydrogen-bond donors (Lipinski definition) is 1. The van der Waals surface area contributed by atoms with Crippen molar-refractivity contribution in [3.8, 4) is 11.1 Å². The molecule has 0 bridgehead atoms. The summed E-state index contributed by atoms with van der Waals surface area (Å²) in [5, 5.41) is 1.68. The van der Waals surface area contributed by atoms with Crippen LogP contribution in [0, 0.1) is 6.92 Å². The smallest absolute Gasteiger partial charge is 0.142 e. The zero-order valence-electron chi connectivity index (χ0n) is 10.8. The summed E-state index contributed by atoms with van der Waals surface area (Å²) < 4.78 is 0. The van der Waals surface area contributed by atoms with Crippen LogP contribution in [0.4, 0.5) is 5.82 Å². The van der Waals surface area contributed by atoms with Gasteiger partial charge in [-0.25, -0.2) is 10.8 Å². The second-order valence-corrected chi connectivity index (χ2v) is 4.24. The van der Waals surface area contributed by atoms with Crippen LogP contribution in [0.5, 0.6) is 0 Å². The standard InChI is InChI=1S/C14H18N4/c1-3-9-18(15)14-7-6-13(11(2)17-14)12-5-4-8-16-10-12/h4-8,10H,3,9,15H2,1-2H3. The average Bonchev–Trinajstić information content (AvgIpc) is 2.40. The molecule has 2 heterocycles. The lowest BCUT2D eigenvalue weighted by atomic mass is 10.1. The van der Waals surface area contributed by atoms with E-state index in [9.17, 15) is 0 Å². The van der Waals surface area contributed by atoms with Crippen molar-refractivity contribution in [1.29, 1.82) is 0 Å². The molecule has 0 spiro atoms. The van der Waals surface area contributed by atoms with E-state index in [1.807, 2.05) is 37.4 Å². The van der Waals surface area contributed by atoms with Crippen LogP contribution in [0.15, 0.2) is 36.7 Å². The Balaban J connectivity index is 2.31.